The molecule has 1 aromatic carbocycles. The minimum absolute atomic E-state index is 0. The Bertz CT molecular complexity index is 606. The predicted molar refractivity (Wildman–Crippen MR) is 86.4 cm³/mol. The summed E-state index contributed by atoms with van der Waals surface area (Å²) in [7, 11) is 1.66. The van der Waals surface area contributed by atoms with Gasteiger partial charge in [0.2, 0.25) is 5.89 Å². The molecule has 1 saturated carbocycles. The molecule has 6 heteroatoms. The lowest BCUT2D eigenvalue weighted by Gasteiger charge is -2.17. The van der Waals surface area contributed by atoms with Gasteiger partial charge in [0.15, 0.2) is 5.82 Å². The van der Waals surface area contributed by atoms with Gasteiger partial charge in [0.25, 0.3) is 0 Å². The highest BCUT2D eigenvalue weighted by atomic mass is 35.5. The summed E-state index contributed by atoms with van der Waals surface area (Å²) in [5, 5.41) is 4.11. The molecule has 1 aliphatic carbocycles. The summed E-state index contributed by atoms with van der Waals surface area (Å²) in [5.74, 6) is 2.15. The maximum Gasteiger partial charge on any atom is 0.233 e. The molecular formula is C16H22ClN3O2. The standard InChI is InChI=1S/C16H21N3O2.ClH/c1-11(12-5-7-13(20-2)8-6-12)14-18-15(19-21-14)16(17)9-3-4-10-16;/h5-8,11H,3-4,9-10,17H2,1-2H3;1H. The second kappa shape index (κ2) is 6.67. The lowest BCUT2D eigenvalue weighted by Crippen LogP contribution is -2.34. The number of hydrogen-bond donors (Lipinski definition) is 1. The second-order valence-corrected chi connectivity index (χ2v) is 5.81. The summed E-state index contributed by atoms with van der Waals surface area (Å²) in [6.45, 7) is 2.05. The SMILES string of the molecule is COc1ccc(C(C)c2nc(C3(N)CCCC3)no2)cc1.Cl. The van der Waals surface area contributed by atoms with Crippen LogP contribution in [-0.4, -0.2) is 17.3 Å². The van der Waals surface area contributed by atoms with Gasteiger partial charge in [-0.25, -0.2) is 0 Å². The van der Waals surface area contributed by atoms with Gasteiger partial charge in [-0.05, 0) is 37.5 Å². The molecule has 1 fully saturated rings. The zero-order valence-corrected chi connectivity index (χ0v) is 13.7. The molecule has 0 bridgehead atoms. The first-order valence-electron chi connectivity index (χ1n) is 7.39. The van der Waals surface area contributed by atoms with E-state index in [1.165, 1.54) is 0 Å². The van der Waals surface area contributed by atoms with E-state index in [9.17, 15) is 0 Å². The largest absolute Gasteiger partial charge is 0.497 e. The fourth-order valence-corrected chi connectivity index (χ4v) is 2.88. The number of halogens is 1. The molecule has 0 radical (unpaired) electrons. The Balaban J connectivity index is 0.00000176. The van der Waals surface area contributed by atoms with E-state index in [0.717, 1.165) is 37.0 Å². The first-order chi connectivity index (χ1) is 10.1. The van der Waals surface area contributed by atoms with Crippen molar-refractivity contribution in [1.82, 2.24) is 10.1 Å². The van der Waals surface area contributed by atoms with Gasteiger partial charge in [0, 0.05) is 0 Å². The summed E-state index contributed by atoms with van der Waals surface area (Å²) in [4.78, 5) is 4.55. The van der Waals surface area contributed by atoms with E-state index in [2.05, 4.69) is 17.1 Å². The Morgan fingerprint density at radius 1 is 1.23 bits per heavy atom. The topological polar surface area (TPSA) is 74.2 Å². The Morgan fingerprint density at radius 2 is 1.86 bits per heavy atom. The van der Waals surface area contributed by atoms with Gasteiger partial charge < -0.3 is 15.0 Å². The molecule has 120 valence electrons. The number of ether oxygens (including phenoxy) is 1. The monoisotopic (exact) mass is 323 g/mol. The smallest absolute Gasteiger partial charge is 0.233 e. The van der Waals surface area contributed by atoms with Gasteiger partial charge in [-0.1, -0.05) is 30.1 Å². The van der Waals surface area contributed by atoms with E-state index >= 15 is 0 Å². The molecule has 1 unspecified atom stereocenters. The van der Waals surface area contributed by atoms with Crippen LogP contribution in [0.5, 0.6) is 5.75 Å². The van der Waals surface area contributed by atoms with Crippen molar-refractivity contribution in [1.29, 1.82) is 0 Å². The van der Waals surface area contributed by atoms with Crippen molar-refractivity contribution in [3.8, 4) is 5.75 Å². The molecule has 3 rings (SSSR count). The van der Waals surface area contributed by atoms with E-state index in [0.29, 0.717) is 11.7 Å². The first kappa shape index (κ1) is 16.8. The average Bonchev–Trinajstić information content (AvgIpc) is 3.16. The summed E-state index contributed by atoms with van der Waals surface area (Å²) in [5.41, 5.74) is 7.08. The molecule has 1 heterocycles. The summed E-state index contributed by atoms with van der Waals surface area (Å²) in [6, 6.07) is 7.90. The molecule has 0 saturated heterocycles. The van der Waals surface area contributed by atoms with Crippen molar-refractivity contribution in [3.05, 3.63) is 41.5 Å². The lowest BCUT2D eigenvalue weighted by molar-refractivity contribution is 0.344. The molecule has 2 aromatic rings. The van der Waals surface area contributed by atoms with Crippen LogP contribution < -0.4 is 10.5 Å². The van der Waals surface area contributed by atoms with E-state index in [1.54, 1.807) is 7.11 Å². The van der Waals surface area contributed by atoms with Crippen molar-refractivity contribution in [2.45, 2.75) is 44.1 Å². The fraction of sp³-hybridized carbons (Fsp3) is 0.500. The molecule has 1 aromatic heterocycles. The van der Waals surface area contributed by atoms with Crippen molar-refractivity contribution >= 4 is 12.4 Å². The third-order valence-electron chi connectivity index (χ3n) is 4.37. The van der Waals surface area contributed by atoms with Crippen molar-refractivity contribution < 1.29 is 9.26 Å². The van der Waals surface area contributed by atoms with Crippen LogP contribution in [0.4, 0.5) is 0 Å². The highest BCUT2D eigenvalue weighted by Gasteiger charge is 2.36. The van der Waals surface area contributed by atoms with Crippen LogP contribution in [-0.2, 0) is 5.54 Å². The predicted octanol–water partition coefficient (Wildman–Crippen LogP) is 3.38. The van der Waals surface area contributed by atoms with Crippen LogP contribution in [0.2, 0.25) is 0 Å². The molecule has 22 heavy (non-hydrogen) atoms. The summed E-state index contributed by atoms with van der Waals surface area (Å²) >= 11 is 0. The van der Waals surface area contributed by atoms with Gasteiger partial charge >= 0.3 is 0 Å². The van der Waals surface area contributed by atoms with Gasteiger partial charge in [-0.3, -0.25) is 0 Å². The van der Waals surface area contributed by atoms with Crippen LogP contribution in [0, 0.1) is 0 Å². The maximum atomic E-state index is 6.37. The minimum Gasteiger partial charge on any atom is -0.497 e. The third-order valence-corrected chi connectivity index (χ3v) is 4.37. The van der Waals surface area contributed by atoms with Crippen LogP contribution in [0.1, 0.15) is 55.8 Å². The zero-order chi connectivity index (χ0) is 14.9. The Kier molecular flexibility index (Phi) is 5.08. The number of benzene rings is 1. The van der Waals surface area contributed by atoms with Crippen LogP contribution in [0.3, 0.4) is 0 Å². The van der Waals surface area contributed by atoms with Gasteiger partial charge in [0.1, 0.15) is 5.75 Å². The maximum absolute atomic E-state index is 6.37. The Morgan fingerprint density at radius 3 is 2.45 bits per heavy atom. The quantitative estimate of drug-likeness (QED) is 0.933. The third kappa shape index (κ3) is 3.10. The summed E-state index contributed by atoms with van der Waals surface area (Å²) < 4.78 is 10.6. The van der Waals surface area contributed by atoms with E-state index < -0.39 is 5.54 Å². The normalized spacial score (nSPS) is 17.8. The molecule has 0 aliphatic heterocycles. The first-order valence-corrected chi connectivity index (χ1v) is 7.39. The molecule has 2 N–H and O–H groups in total. The molecule has 1 aliphatic rings. The van der Waals surface area contributed by atoms with Crippen molar-refractivity contribution in [3.63, 3.8) is 0 Å². The molecule has 0 amide bonds. The number of hydrogen-bond acceptors (Lipinski definition) is 5. The highest BCUT2D eigenvalue weighted by molar-refractivity contribution is 5.85. The Labute approximate surface area is 136 Å². The number of rotatable bonds is 4. The second-order valence-electron chi connectivity index (χ2n) is 5.81. The number of methoxy groups -OCH3 is 1. The van der Waals surface area contributed by atoms with Crippen molar-refractivity contribution in [2.24, 2.45) is 5.73 Å². The number of nitrogens with two attached hydrogens (primary N) is 1. The zero-order valence-electron chi connectivity index (χ0n) is 12.9. The Hall–Kier alpha value is -1.59. The fourth-order valence-electron chi connectivity index (χ4n) is 2.88. The van der Waals surface area contributed by atoms with Crippen LogP contribution in [0.15, 0.2) is 28.8 Å². The van der Waals surface area contributed by atoms with Gasteiger partial charge in [-0.2, -0.15) is 4.98 Å². The lowest BCUT2D eigenvalue weighted by atomic mass is 9.98. The van der Waals surface area contributed by atoms with Gasteiger partial charge in [-0.15, -0.1) is 12.4 Å². The van der Waals surface area contributed by atoms with Crippen LogP contribution in [0.25, 0.3) is 0 Å². The highest BCUT2D eigenvalue weighted by Crippen LogP contribution is 2.35. The van der Waals surface area contributed by atoms with Gasteiger partial charge in [0.05, 0.1) is 18.6 Å². The van der Waals surface area contributed by atoms with Crippen molar-refractivity contribution in [2.75, 3.05) is 7.11 Å². The van der Waals surface area contributed by atoms with E-state index in [1.807, 2.05) is 24.3 Å². The van der Waals surface area contributed by atoms with E-state index in [4.69, 9.17) is 15.0 Å². The van der Waals surface area contributed by atoms with Crippen LogP contribution >= 0.6 is 12.4 Å². The molecule has 5 nitrogen and oxygen atoms in total. The number of aromatic nitrogens is 2. The molecular weight excluding hydrogens is 302 g/mol. The molecule has 1 atom stereocenters. The average molecular weight is 324 g/mol. The van der Waals surface area contributed by atoms with E-state index in [-0.39, 0.29) is 18.3 Å². The number of nitrogens with zero attached hydrogens (tertiary/aromatic N) is 2. The minimum atomic E-state index is -0.401. The molecule has 0 spiro atoms. The summed E-state index contributed by atoms with van der Waals surface area (Å²) in [6.07, 6.45) is 4.13.